The highest BCUT2D eigenvalue weighted by molar-refractivity contribution is 7.10. The van der Waals surface area contributed by atoms with Crippen LogP contribution in [-0.2, 0) is 0 Å². The zero-order valence-electron chi connectivity index (χ0n) is 8.63. The molecule has 1 heteroatoms. The standard InChI is InChI=1S/C13H14S/c1-4-12-9-10-14-13(12)8-6-5-7-11(2)3/h1,9-11H,5,7H2,2-3H3. The molecule has 0 saturated carbocycles. The summed E-state index contributed by atoms with van der Waals surface area (Å²) in [5.41, 5.74) is 0.923. The Kier molecular flexibility index (Phi) is 4.30. The molecule has 0 atom stereocenters. The van der Waals surface area contributed by atoms with E-state index in [0.29, 0.717) is 0 Å². The Labute approximate surface area is 90.4 Å². The summed E-state index contributed by atoms with van der Waals surface area (Å²) in [6, 6.07) is 1.94. The van der Waals surface area contributed by atoms with Crippen molar-refractivity contribution in [1.82, 2.24) is 0 Å². The summed E-state index contributed by atoms with van der Waals surface area (Å²) in [4.78, 5) is 1.02. The molecule has 1 heterocycles. The fraction of sp³-hybridized carbons (Fsp3) is 0.385. The highest BCUT2D eigenvalue weighted by atomic mass is 32.1. The van der Waals surface area contributed by atoms with Crippen LogP contribution in [0.15, 0.2) is 11.4 Å². The van der Waals surface area contributed by atoms with E-state index >= 15 is 0 Å². The average Bonchev–Trinajstić information content (AvgIpc) is 2.59. The summed E-state index contributed by atoms with van der Waals surface area (Å²) in [6.45, 7) is 4.42. The second-order valence-electron chi connectivity index (χ2n) is 3.54. The van der Waals surface area contributed by atoms with E-state index in [1.807, 2.05) is 11.4 Å². The zero-order chi connectivity index (χ0) is 10.4. The highest BCUT2D eigenvalue weighted by Gasteiger charge is 1.96. The normalized spacial score (nSPS) is 9.29. The van der Waals surface area contributed by atoms with Crippen molar-refractivity contribution in [3.63, 3.8) is 0 Å². The van der Waals surface area contributed by atoms with E-state index in [-0.39, 0.29) is 0 Å². The molecule has 14 heavy (non-hydrogen) atoms. The molecule has 1 aromatic rings. The fourth-order valence-corrected chi connectivity index (χ4v) is 1.75. The molecule has 72 valence electrons. The van der Waals surface area contributed by atoms with Crippen LogP contribution >= 0.6 is 11.3 Å². The molecule has 0 nitrogen and oxygen atoms in total. The average molecular weight is 202 g/mol. The Balaban J connectivity index is 2.56. The molecule has 1 rings (SSSR count). The van der Waals surface area contributed by atoms with Crippen LogP contribution in [0.3, 0.4) is 0 Å². The number of hydrogen-bond donors (Lipinski definition) is 0. The van der Waals surface area contributed by atoms with Crippen LogP contribution in [0.25, 0.3) is 0 Å². The van der Waals surface area contributed by atoms with Crippen LogP contribution in [0.4, 0.5) is 0 Å². The van der Waals surface area contributed by atoms with Gasteiger partial charge in [-0.3, -0.25) is 0 Å². The third-order valence-electron chi connectivity index (χ3n) is 1.87. The molecule has 0 spiro atoms. The van der Waals surface area contributed by atoms with Crippen molar-refractivity contribution in [3.8, 4) is 24.2 Å². The Bertz CT molecular complexity index is 379. The van der Waals surface area contributed by atoms with Gasteiger partial charge in [0.2, 0.25) is 0 Å². The molecule has 0 fully saturated rings. The van der Waals surface area contributed by atoms with Crippen molar-refractivity contribution in [3.05, 3.63) is 21.9 Å². The van der Waals surface area contributed by atoms with Gasteiger partial charge in [-0.25, -0.2) is 0 Å². The van der Waals surface area contributed by atoms with E-state index in [1.54, 1.807) is 11.3 Å². The first-order valence-electron chi connectivity index (χ1n) is 4.77. The highest BCUT2D eigenvalue weighted by Crippen LogP contribution is 2.14. The lowest BCUT2D eigenvalue weighted by Crippen LogP contribution is -1.84. The van der Waals surface area contributed by atoms with Gasteiger partial charge < -0.3 is 0 Å². The van der Waals surface area contributed by atoms with Gasteiger partial charge in [-0.2, -0.15) is 0 Å². The van der Waals surface area contributed by atoms with Gasteiger partial charge >= 0.3 is 0 Å². The van der Waals surface area contributed by atoms with Crippen LogP contribution in [0.5, 0.6) is 0 Å². The van der Waals surface area contributed by atoms with Gasteiger partial charge in [0, 0.05) is 6.42 Å². The molecule has 0 unspecified atom stereocenters. The predicted octanol–water partition coefficient (Wildman–Crippen LogP) is 3.52. The lowest BCUT2D eigenvalue weighted by atomic mass is 10.1. The molecule has 0 aliphatic rings. The van der Waals surface area contributed by atoms with Gasteiger partial charge in [-0.15, -0.1) is 17.8 Å². The van der Waals surface area contributed by atoms with E-state index in [2.05, 4.69) is 31.6 Å². The minimum Gasteiger partial charge on any atom is -0.134 e. The van der Waals surface area contributed by atoms with Gasteiger partial charge in [0.15, 0.2) is 0 Å². The van der Waals surface area contributed by atoms with E-state index in [1.165, 1.54) is 0 Å². The predicted molar refractivity (Wildman–Crippen MR) is 63.2 cm³/mol. The molecule has 0 bridgehead atoms. The fourth-order valence-electron chi connectivity index (χ4n) is 1.02. The van der Waals surface area contributed by atoms with Crippen LogP contribution < -0.4 is 0 Å². The lowest BCUT2D eigenvalue weighted by molar-refractivity contribution is 0.600. The van der Waals surface area contributed by atoms with E-state index in [9.17, 15) is 0 Å². The molecule has 0 aliphatic carbocycles. The van der Waals surface area contributed by atoms with Crippen LogP contribution in [-0.4, -0.2) is 0 Å². The van der Waals surface area contributed by atoms with Crippen molar-refractivity contribution in [2.45, 2.75) is 26.7 Å². The van der Waals surface area contributed by atoms with Gasteiger partial charge in [0.25, 0.3) is 0 Å². The SMILES string of the molecule is C#Cc1ccsc1C#CCCC(C)C. The smallest absolute Gasteiger partial charge is 0.0924 e. The summed E-state index contributed by atoms with van der Waals surface area (Å²) < 4.78 is 0. The topological polar surface area (TPSA) is 0 Å². The van der Waals surface area contributed by atoms with Gasteiger partial charge in [0.05, 0.1) is 10.4 Å². The molecule has 0 saturated heterocycles. The Hall–Kier alpha value is -1.18. The van der Waals surface area contributed by atoms with Crippen molar-refractivity contribution >= 4 is 11.3 Å². The molecular formula is C13H14S. The third kappa shape index (κ3) is 3.29. The maximum atomic E-state index is 5.34. The maximum absolute atomic E-state index is 5.34. The second kappa shape index (κ2) is 5.53. The largest absolute Gasteiger partial charge is 0.134 e. The first kappa shape index (κ1) is 10.9. The third-order valence-corrected chi connectivity index (χ3v) is 2.70. The summed E-state index contributed by atoms with van der Waals surface area (Å²) >= 11 is 1.62. The first-order chi connectivity index (χ1) is 6.74. The van der Waals surface area contributed by atoms with E-state index in [0.717, 1.165) is 29.2 Å². The van der Waals surface area contributed by atoms with Crippen molar-refractivity contribution < 1.29 is 0 Å². The second-order valence-corrected chi connectivity index (χ2v) is 4.46. The van der Waals surface area contributed by atoms with Crippen molar-refractivity contribution in [2.75, 3.05) is 0 Å². The van der Waals surface area contributed by atoms with Crippen LogP contribution in [0, 0.1) is 30.1 Å². The van der Waals surface area contributed by atoms with Crippen LogP contribution in [0.2, 0.25) is 0 Å². The van der Waals surface area contributed by atoms with Gasteiger partial charge in [-0.1, -0.05) is 31.6 Å². The molecule has 0 aromatic carbocycles. The summed E-state index contributed by atoms with van der Waals surface area (Å²) in [7, 11) is 0. The number of rotatable bonds is 2. The van der Waals surface area contributed by atoms with Crippen molar-refractivity contribution in [2.24, 2.45) is 5.92 Å². The maximum Gasteiger partial charge on any atom is 0.0924 e. The summed E-state index contributed by atoms with van der Waals surface area (Å²) in [5, 5.41) is 1.99. The quantitative estimate of drug-likeness (QED) is 0.644. The molecule has 0 radical (unpaired) electrons. The minimum absolute atomic E-state index is 0.722. The summed E-state index contributed by atoms with van der Waals surface area (Å²) in [6.07, 6.45) is 7.45. The van der Waals surface area contributed by atoms with Gasteiger partial charge in [-0.05, 0) is 23.8 Å². The summed E-state index contributed by atoms with van der Waals surface area (Å²) in [5.74, 6) is 9.64. The molecule has 1 aromatic heterocycles. The Morgan fingerprint density at radius 2 is 2.29 bits per heavy atom. The van der Waals surface area contributed by atoms with E-state index < -0.39 is 0 Å². The molecule has 0 N–H and O–H groups in total. The van der Waals surface area contributed by atoms with Gasteiger partial charge in [0.1, 0.15) is 0 Å². The number of terminal acetylenes is 1. The van der Waals surface area contributed by atoms with E-state index in [4.69, 9.17) is 6.42 Å². The number of hydrogen-bond acceptors (Lipinski definition) is 1. The first-order valence-corrected chi connectivity index (χ1v) is 5.65. The number of thiophene rings is 1. The van der Waals surface area contributed by atoms with Crippen LogP contribution in [0.1, 0.15) is 37.1 Å². The molecule has 0 amide bonds. The Morgan fingerprint density at radius 3 is 2.93 bits per heavy atom. The lowest BCUT2D eigenvalue weighted by Gasteiger charge is -1.96. The zero-order valence-corrected chi connectivity index (χ0v) is 9.45. The minimum atomic E-state index is 0.722. The Morgan fingerprint density at radius 1 is 1.50 bits per heavy atom. The monoisotopic (exact) mass is 202 g/mol. The molecule has 0 aliphatic heterocycles. The molecular weight excluding hydrogens is 188 g/mol. The van der Waals surface area contributed by atoms with Crippen molar-refractivity contribution in [1.29, 1.82) is 0 Å².